The van der Waals surface area contributed by atoms with Crippen molar-refractivity contribution in [2.24, 2.45) is 0 Å². The first-order valence-corrected chi connectivity index (χ1v) is 8.74. The monoisotopic (exact) mass is 344 g/mol. The van der Waals surface area contributed by atoms with Gasteiger partial charge in [-0.3, -0.25) is 0 Å². The van der Waals surface area contributed by atoms with E-state index in [1.807, 2.05) is 6.07 Å². The number of benzene rings is 2. The summed E-state index contributed by atoms with van der Waals surface area (Å²) in [4.78, 5) is 2.36. The number of rotatable bonds is 2. The molecule has 0 radical (unpaired) electrons. The molecule has 0 N–H and O–H groups in total. The van der Waals surface area contributed by atoms with E-state index in [0.717, 1.165) is 30.1 Å². The summed E-state index contributed by atoms with van der Waals surface area (Å²) in [5.74, 6) is 0.532. The van der Waals surface area contributed by atoms with Gasteiger partial charge in [-0.1, -0.05) is 23.7 Å². The van der Waals surface area contributed by atoms with Gasteiger partial charge in [-0.05, 0) is 48.5 Å². The van der Waals surface area contributed by atoms with Crippen LogP contribution in [0.25, 0.3) is 16.6 Å². The third-order valence-electron chi connectivity index (χ3n) is 4.62. The molecule has 0 aliphatic carbocycles. The lowest BCUT2D eigenvalue weighted by Gasteiger charge is -2.24. The van der Waals surface area contributed by atoms with Crippen LogP contribution in [0.5, 0.6) is 0 Å². The standard InChI is InChI=1S/C19H18Cl2N2/c1-22-8-7-19-17(12-22)16-10-14(21)5-6-18(16)23(19)15-4-2-3-13(9-15)11-20/h2-6,9-10H,7-8,11-12H2,1H3. The minimum atomic E-state index is 0.532. The van der Waals surface area contributed by atoms with Crippen molar-refractivity contribution in [3.8, 4) is 5.69 Å². The van der Waals surface area contributed by atoms with Gasteiger partial charge >= 0.3 is 0 Å². The first kappa shape index (κ1) is 15.1. The summed E-state index contributed by atoms with van der Waals surface area (Å²) in [7, 11) is 2.17. The van der Waals surface area contributed by atoms with Crippen molar-refractivity contribution in [1.29, 1.82) is 0 Å². The molecule has 0 saturated heterocycles. The third-order valence-corrected chi connectivity index (χ3v) is 5.17. The van der Waals surface area contributed by atoms with Crippen LogP contribution in [0.4, 0.5) is 0 Å². The lowest BCUT2D eigenvalue weighted by Crippen LogP contribution is -2.27. The first-order valence-electron chi connectivity index (χ1n) is 7.83. The number of hydrogen-bond donors (Lipinski definition) is 0. The molecule has 118 valence electrons. The Morgan fingerprint density at radius 1 is 1.13 bits per heavy atom. The molecule has 0 fully saturated rings. The molecule has 1 aliphatic rings. The molecule has 0 bridgehead atoms. The van der Waals surface area contributed by atoms with E-state index in [2.05, 4.69) is 52.9 Å². The van der Waals surface area contributed by atoms with E-state index in [0.29, 0.717) is 5.88 Å². The molecule has 1 aromatic heterocycles. The van der Waals surface area contributed by atoms with Crippen LogP contribution in [-0.2, 0) is 18.8 Å². The Morgan fingerprint density at radius 3 is 2.83 bits per heavy atom. The number of halogens is 2. The van der Waals surface area contributed by atoms with Gasteiger partial charge < -0.3 is 9.47 Å². The minimum absolute atomic E-state index is 0.532. The maximum atomic E-state index is 6.26. The van der Waals surface area contributed by atoms with E-state index in [9.17, 15) is 0 Å². The SMILES string of the molecule is CN1CCc2c(c3cc(Cl)ccc3n2-c2cccc(CCl)c2)C1. The van der Waals surface area contributed by atoms with Gasteiger partial charge in [0.05, 0.1) is 5.52 Å². The second-order valence-electron chi connectivity index (χ2n) is 6.21. The predicted octanol–water partition coefficient (Wildman–Crippen LogP) is 5.01. The molecule has 2 nitrogen and oxygen atoms in total. The smallest absolute Gasteiger partial charge is 0.0535 e. The van der Waals surface area contributed by atoms with Crippen molar-refractivity contribution in [3.63, 3.8) is 0 Å². The molecular weight excluding hydrogens is 327 g/mol. The normalized spacial score (nSPS) is 15.1. The lowest BCUT2D eigenvalue weighted by molar-refractivity contribution is 0.311. The number of hydrogen-bond acceptors (Lipinski definition) is 1. The van der Waals surface area contributed by atoms with Crippen molar-refractivity contribution in [1.82, 2.24) is 9.47 Å². The second-order valence-corrected chi connectivity index (χ2v) is 6.92. The summed E-state index contributed by atoms with van der Waals surface area (Å²) in [5, 5.41) is 2.05. The van der Waals surface area contributed by atoms with Crippen LogP contribution >= 0.6 is 23.2 Å². The highest BCUT2D eigenvalue weighted by molar-refractivity contribution is 6.31. The molecule has 2 aromatic carbocycles. The van der Waals surface area contributed by atoms with Crippen molar-refractivity contribution in [2.75, 3.05) is 13.6 Å². The van der Waals surface area contributed by atoms with E-state index in [1.165, 1.54) is 27.8 Å². The Labute approximate surface area is 146 Å². The average Bonchev–Trinajstić information content (AvgIpc) is 2.88. The lowest BCUT2D eigenvalue weighted by atomic mass is 10.1. The molecule has 0 atom stereocenters. The number of alkyl halides is 1. The average molecular weight is 345 g/mol. The Kier molecular flexibility index (Phi) is 3.84. The van der Waals surface area contributed by atoms with E-state index < -0.39 is 0 Å². The maximum Gasteiger partial charge on any atom is 0.0535 e. The Balaban J connectivity index is 2.02. The van der Waals surface area contributed by atoms with E-state index in [1.54, 1.807) is 0 Å². The summed E-state index contributed by atoms with van der Waals surface area (Å²) in [6.45, 7) is 2.04. The van der Waals surface area contributed by atoms with Crippen molar-refractivity contribution < 1.29 is 0 Å². The van der Waals surface area contributed by atoms with Gasteiger partial charge in [0, 0.05) is 47.2 Å². The highest BCUT2D eigenvalue weighted by atomic mass is 35.5. The summed E-state index contributed by atoms with van der Waals surface area (Å²) >= 11 is 12.3. The minimum Gasteiger partial charge on any atom is -0.313 e. The number of aromatic nitrogens is 1. The highest BCUT2D eigenvalue weighted by Gasteiger charge is 2.23. The molecule has 0 unspecified atom stereocenters. The van der Waals surface area contributed by atoms with Crippen molar-refractivity contribution >= 4 is 34.1 Å². The zero-order chi connectivity index (χ0) is 16.0. The van der Waals surface area contributed by atoms with Gasteiger partial charge in [0.1, 0.15) is 0 Å². The van der Waals surface area contributed by atoms with Gasteiger partial charge in [-0.2, -0.15) is 0 Å². The van der Waals surface area contributed by atoms with Gasteiger partial charge in [-0.15, -0.1) is 11.6 Å². The van der Waals surface area contributed by atoms with Crippen LogP contribution in [0, 0.1) is 0 Å². The molecule has 4 rings (SSSR count). The predicted molar refractivity (Wildman–Crippen MR) is 97.9 cm³/mol. The molecular formula is C19H18Cl2N2. The second kappa shape index (κ2) is 5.86. The quantitative estimate of drug-likeness (QED) is 0.593. The van der Waals surface area contributed by atoms with E-state index in [-0.39, 0.29) is 0 Å². The third kappa shape index (κ3) is 2.55. The van der Waals surface area contributed by atoms with E-state index >= 15 is 0 Å². The Hall–Kier alpha value is -1.48. The molecule has 0 spiro atoms. The van der Waals surface area contributed by atoms with Crippen molar-refractivity contribution in [2.45, 2.75) is 18.8 Å². The fraction of sp³-hybridized carbons (Fsp3) is 0.263. The summed E-state index contributed by atoms with van der Waals surface area (Å²) < 4.78 is 2.38. The molecule has 1 aliphatic heterocycles. The van der Waals surface area contributed by atoms with Crippen LogP contribution in [0.15, 0.2) is 42.5 Å². The fourth-order valence-corrected chi connectivity index (χ4v) is 3.88. The first-order chi connectivity index (χ1) is 11.2. The zero-order valence-electron chi connectivity index (χ0n) is 13.0. The van der Waals surface area contributed by atoms with Crippen LogP contribution < -0.4 is 0 Å². The molecule has 23 heavy (non-hydrogen) atoms. The van der Waals surface area contributed by atoms with Crippen molar-refractivity contribution in [3.05, 3.63) is 64.3 Å². The number of likely N-dealkylation sites (N-methyl/N-ethyl adjacent to an activating group) is 1. The summed E-state index contributed by atoms with van der Waals surface area (Å²) in [6.07, 6.45) is 1.04. The molecule has 4 heteroatoms. The van der Waals surface area contributed by atoms with E-state index in [4.69, 9.17) is 23.2 Å². The molecule has 2 heterocycles. The van der Waals surface area contributed by atoms with Crippen LogP contribution in [-0.4, -0.2) is 23.1 Å². The van der Waals surface area contributed by atoms with Gasteiger partial charge in [0.2, 0.25) is 0 Å². The summed E-state index contributed by atoms with van der Waals surface area (Å²) in [6, 6.07) is 14.7. The van der Waals surface area contributed by atoms with Crippen LogP contribution in [0.1, 0.15) is 16.8 Å². The topological polar surface area (TPSA) is 8.17 Å². The van der Waals surface area contributed by atoms with Gasteiger partial charge in [0.25, 0.3) is 0 Å². The zero-order valence-corrected chi connectivity index (χ0v) is 14.5. The Bertz CT molecular complexity index is 882. The molecule has 0 saturated carbocycles. The van der Waals surface area contributed by atoms with Gasteiger partial charge in [-0.25, -0.2) is 0 Å². The Morgan fingerprint density at radius 2 is 2.00 bits per heavy atom. The van der Waals surface area contributed by atoms with Gasteiger partial charge in [0.15, 0.2) is 0 Å². The fourth-order valence-electron chi connectivity index (χ4n) is 3.54. The van der Waals surface area contributed by atoms with Crippen LogP contribution in [0.3, 0.4) is 0 Å². The number of fused-ring (bicyclic) bond motifs is 3. The largest absolute Gasteiger partial charge is 0.313 e. The highest BCUT2D eigenvalue weighted by Crippen LogP contribution is 2.34. The molecule has 0 amide bonds. The number of nitrogens with zero attached hydrogens (tertiary/aromatic N) is 2. The van der Waals surface area contributed by atoms with Crippen LogP contribution in [0.2, 0.25) is 5.02 Å². The molecule has 3 aromatic rings. The summed E-state index contributed by atoms with van der Waals surface area (Å²) in [5.41, 5.74) is 6.34. The maximum absolute atomic E-state index is 6.26.